The molecule has 2 aromatic carbocycles. The van der Waals surface area contributed by atoms with Crippen LogP contribution in [0, 0.1) is 5.41 Å². The molecular weight excluding hydrogens is 397 g/mol. The van der Waals surface area contributed by atoms with Crippen molar-refractivity contribution in [2.24, 2.45) is 0 Å². The highest BCUT2D eigenvalue weighted by molar-refractivity contribution is 6.35. The predicted molar refractivity (Wildman–Crippen MR) is 113 cm³/mol. The van der Waals surface area contributed by atoms with E-state index in [-0.39, 0.29) is 13.2 Å². The van der Waals surface area contributed by atoms with Crippen molar-refractivity contribution in [2.75, 3.05) is 6.61 Å². The molecule has 0 radical (unpaired) electrons. The average molecular weight is 422 g/mol. The van der Waals surface area contributed by atoms with Crippen LogP contribution in [0.1, 0.15) is 26.2 Å². The zero-order valence-corrected chi connectivity index (χ0v) is 17.4. The molecule has 0 amide bonds. The first-order valence-corrected chi connectivity index (χ1v) is 10.3. The molecular formula is C21H25Cl2N3O2. The summed E-state index contributed by atoms with van der Waals surface area (Å²) in [5, 5.41) is 20.0. The van der Waals surface area contributed by atoms with Crippen molar-refractivity contribution in [1.29, 1.82) is 5.41 Å². The van der Waals surface area contributed by atoms with E-state index in [1.54, 1.807) is 18.2 Å². The number of benzene rings is 2. The van der Waals surface area contributed by atoms with Crippen molar-refractivity contribution in [3.05, 3.63) is 58.1 Å². The van der Waals surface area contributed by atoms with E-state index in [9.17, 15) is 5.11 Å². The number of unbranched alkanes of at least 4 members (excludes halogenated alkanes) is 2. The number of fused-ring (bicyclic) bond motifs is 1. The minimum absolute atomic E-state index is 0.0726. The summed E-state index contributed by atoms with van der Waals surface area (Å²) < 4.78 is 9.48. The number of aliphatic hydroxyl groups excluding tert-OH is 1. The van der Waals surface area contributed by atoms with Crippen LogP contribution in [0.2, 0.25) is 10.0 Å². The number of halogens is 2. The third-order valence-electron chi connectivity index (χ3n) is 4.68. The Balaban J connectivity index is 1.75. The first kappa shape index (κ1) is 20.8. The summed E-state index contributed by atoms with van der Waals surface area (Å²) in [7, 11) is 0. The van der Waals surface area contributed by atoms with Crippen molar-refractivity contribution in [1.82, 2.24) is 9.13 Å². The summed E-state index contributed by atoms with van der Waals surface area (Å²) >= 11 is 12.0. The maximum Gasteiger partial charge on any atom is 0.203 e. The van der Waals surface area contributed by atoms with Crippen LogP contribution in [0.5, 0.6) is 5.75 Å². The number of para-hydroxylation sites is 2. The lowest BCUT2D eigenvalue weighted by Gasteiger charge is -2.14. The normalized spacial score (nSPS) is 12.4. The highest BCUT2D eigenvalue weighted by Gasteiger charge is 2.15. The summed E-state index contributed by atoms with van der Waals surface area (Å²) in [6, 6.07) is 12.9. The van der Waals surface area contributed by atoms with Gasteiger partial charge in [0.05, 0.1) is 22.6 Å². The fourth-order valence-electron chi connectivity index (χ4n) is 3.27. The fourth-order valence-corrected chi connectivity index (χ4v) is 3.73. The largest absolute Gasteiger partial charge is 0.489 e. The molecule has 0 aliphatic rings. The van der Waals surface area contributed by atoms with Crippen LogP contribution in [-0.4, -0.2) is 27.0 Å². The van der Waals surface area contributed by atoms with Gasteiger partial charge in [-0.25, -0.2) is 0 Å². The second-order valence-electron chi connectivity index (χ2n) is 6.82. The number of rotatable bonds is 9. The lowest BCUT2D eigenvalue weighted by molar-refractivity contribution is 0.0921. The third kappa shape index (κ3) is 4.72. The zero-order valence-electron chi connectivity index (χ0n) is 15.9. The molecule has 1 aromatic heterocycles. The topological polar surface area (TPSA) is 63.2 Å². The minimum Gasteiger partial charge on any atom is -0.489 e. The standard InChI is InChI=1S/C21H25Cl2N3O2/c1-2-3-6-11-25-18-7-4-5-8-19(18)26(21(25)24)13-16(27)14-28-20-10-9-15(22)12-17(20)23/h4-5,7-10,12,16,24,27H,2-3,6,11,13-14H2,1H3/t16-/m0/s1. The first-order chi connectivity index (χ1) is 13.5. The molecule has 0 aliphatic heterocycles. The highest BCUT2D eigenvalue weighted by Crippen LogP contribution is 2.27. The Morgan fingerprint density at radius 1 is 1.07 bits per heavy atom. The zero-order chi connectivity index (χ0) is 20.1. The summed E-state index contributed by atoms with van der Waals surface area (Å²) in [5.41, 5.74) is 2.34. The molecule has 1 heterocycles. The molecule has 0 saturated carbocycles. The summed E-state index contributed by atoms with van der Waals surface area (Å²) in [6.45, 7) is 3.31. The lowest BCUT2D eigenvalue weighted by atomic mass is 10.2. The van der Waals surface area contributed by atoms with Crippen LogP contribution in [0.4, 0.5) is 0 Å². The van der Waals surface area contributed by atoms with Crippen LogP contribution in [0.15, 0.2) is 42.5 Å². The lowest BCUT2D eigenvalue weighted by Crippen LogP contribution is -2.31. The Kier molecular flexibility index (Phi) is 7.05. The van der Waals surface area contributed by atoms with E-state index in [1.807, 2.05) is 33.4 Å². The molecule has 28 heavy (non-hydrogen) atoms. The third-order valence-corrected chi connectivity index (χ3v) is 5.21. The Bertz CT molecular complexity index is 997. The van der Waals surface area contributed by atoms with Crippen LogP contribution in [-0.2, 0) is 13.1 Å². The molecule has 150 valence electrons. The fraction of sp³-hybridized carbons (Fsp3) is 0.381. The molecule has 5 nitrogen and oxygen atoms in total. The van der Waals surface area contributed by atoms with Crippen molar-refractivity contribution in [3.8, 4) is 5.75 Å². The second-order valence-corrected chi connectivity index (χ2v) is 7.66. The number of hydrogen-bond acceptors (Lipinski definition) is 3. The van der Waals surface area contributed by atoms with Gasteiger partial charge in [0.15, 0.2) is 0 Å². The minimum atomic E-state index is -0.782. The van der Waals surface area contributed by atoms with Crippen molar-refractivity contribution < 1.29 is 9.84 Å². The van der Waals surface area contributed by atoms with E-state index in [0.717, 1.165) is 36.8 Å². The van der Waals surface area contributed by atoms with Gasteiger partial charge in [0.2, 0.25) is 5.62 Å². The number of aliphatic hydroxyl groups is 1. The monoisotopic (exact) mass is 421 g/mol. The van der Waals surface area contributed by atoms with Gasteiger partial charge in [-0.1, -0.05) is 55.1 Å². The van der Waals surface area contributed by atoms with Crippen molar-refractivity contribution in [2.45, 2.75) is 45.4 Å². The number of hydrogen-bond donors (Lipinski definition) is 2. The van der Waals surface area contributed by atoms with Gasteiger partial charge >= 0.3 is 0 Å². The van der Waals surface area contributed by atoms with Crippen LogP contribution >= 0.6 is 23.2 Å². The van der Waals surface area contributed by atoms with Crippen molar-refractivity contribution in [3.63, 3.8) is 0 Å². The van der Waals surface area contributed by atoms with Crippen LogP contribution < -0.4 is 10.4 Å². The molecule has 0 saturated heterocycles. The van der Waals surface area contributed by atoms with Crippen LogP contribution in [0.25, 0.3) is 11.0 Å². The molecule has 0 fully saturated rings. The summed E-state index contributed by atoms with van der Waals surface area (Å²) in [6.07, 6.45) is 2.51. The van der Waals surface area contributed by atoms with E-state index in [4.69, 9.17) is 33.3 Å². The van der Waals surface area contributed by atoms with Crippen LogP contribution in [0.3, 0.4) is 0 Å². The molecule has 3 rings (SSSR count). The molecule has 0 aliphatic carbocycles. The summed E-state index contributed by atoms with van der Waals surface area (Å²) in [4.78, 5) is 0. The van der Waals surface area contributed by atoms with Gasteiger partial charge in [-0.3, -0.25) is 5.41 Å². The SMILES string of the molecule is CCCCCn1c(=N)n(C[C@H](O)COc2ccc(Cl)cc2Cl)c2ccccc21. The smallest absolute Gasteiger partial charge is 0.203 e. The Morgan fingerprint density at radius 3 is 2.46 bits per heavy atom. The Labute approximate surface area is 174 Å². The van der Waals surface area contributed by atoms with Gasteiger partial charge in [0.1, 0.15) is 18.5 Å². The van der Waals surface area contributed by atoms with Gasteiger partial charge in [0, 0.05) is 11.6 Å². The molecule has 2 N–H and O–H groups in total. The molecule has 0 spiro atoms. The van der Waals surface area contributed by atoms with E-state index in [1.165, 1.54) is 0 Å². The van der Waals surface area contributed by atoms with Gasteiger partial charge < -0.3 is 19.0 Å². The first-order valence-electron chi connectivity index (χ1n) is 9.49. The van der Waals surface area contributed by atoms with E-state index in [0.29, 0.717) is 21.4 Å². The molecule has 0 bridgehead atoms. The highest BCUT2D eigenvalue weighted by atomic mass is 35.5. The maximum absolute atomic E-state index is 10.5. The number of imidazole rings is 1. The second kappa shape index (κ2) is 9.50. The number of ether oxygens (including phenoxy) is 1. The van der Waals surface area contributed by atoms with Gasteiger partial charge in [-0.05, 0) is 36.8 Å². The molecule has 1 atom stereocenters. The predicted octanol–water partition coefficient (Wildman–Crippen LogP) is 4.86. The molecule has 0 unspecified atom stereocenters. The molecule has 3 aromatic rings. The van der Waals surface area contributed by atoms with Gasteiger partial charge in [0.25, 0.3) is 0 Å². The molecule has 7 heteroatoms. The van der Waals surface area contributed by atoms with E-state index < -0.39 is 6.10 Å². The van der Waals surface area contributed by atoms with Crippen molar-refractivity contribution >= 4 is 34.2 Å². The quantitative estimate of drug-likeness (QED) is 0.484. The number of nitrogens with one attached hydrogen (secondary N) is 1. The van der Waals surface area contributed by atoms with E-state index in [2.05, 4.69) is 6.92 Å². The average Bonchev–Trinajstić information content (AvgIpc) is 2.93. The van der Waals surface area contributed by atoms with Gasteiger partial charge in [-0.15, -0.1) is 0 Å². The summed E-state index contributed by atoms with van der Waals surface area (Å²) in [5.74, 6) is 0.475. The number of aromatic nitrogens is 2. The van der Waals surface area contributed by atoms with Gasteiger partial charge in [-0.2, -0.15) is 0 Å². The Hall–Kier alpha value is -1.95. The van der Waals surface area contributed by atoms with E-state index >= 15 is 0 Å². The Morgan fingerprint density at radius 2 is 1.79 bits per heavy atom. The number of nitrogens with zero attached hydrogens (tertiary/aromatic N) is 2. The number of aryl methyl sites for hydroxylation is 1. The maximum atomic E-state index is 10.5.